The molecule has 0 radical (unpaired) electrons. The van der Waals surface area contributed by atoms with Gasteiger partial charge in [-0.15, -0.1) is 0 Å². The smallest absolute Gasteiger partial charge is 0.275 e. The maximum Gasteiger partial charge on any atom is 0.275 e. The fourth-order valence-electron chi connectivity index (χ4n) is 3.41. The number of aryl methyl sites for hydroxylation is 2. The second-order valence-electron chi connectivity index (χ2n) is 6.47. The average Bonchev–Trinajstić information content (AvgIpc) is 3.11. The van der Waals surface area contributed by atoms with Crippen LogP contribution in [-0.2, 0) is 11.2 Å². The molecule has 1 amide bonds. The van der Waals surface area contributed by atoms with Crippen LogP contribution in [-0.4, -0.2) is 56.8 Å². The topological polar surface area (TPSA) is 84.0 Å². The number of fused-ring (bicyclic) bond motifs is 1. The highest BCUT2D eigenvalue weighted by Crippen LogP contribution is 2.21. The number of carbonyl (C=O) groups is 1. The lowest BCUT2D eigenvalue weighted by molar-refractivity contribution is -0.00434. The van der Waals surface area contributed by atoms with E-state index in [1.54, 1.807) is 12.4 Å². The quantitative estimate of drug-likeness (QED) is 0.778. The largest absolute Gasteiger partial charge is 0.377 e. The van der Waals surface area contributed by atoms with E-state index < -0.39 is 0 Å². The fraction of sp³-hybridized carbons (Fsp3) is 0.368. The maximum absolute atomic E-state index is 13.1. The molecule has 1 aromatic carbocycles. The maximum atomic E-state index is 13.1. The number of amides is 1. The van der Waals surface area contributed by atoms with Crippen molar-refractivity contribution in [2.24, 2.45) is 0 Å². The molecule has 7 nitrogen and oxygen atoms in total. The molecular weight excluding hydrogens is 330 g/mol. The molecule has 3 heterocycles. The summed E-state index contributed by atoms with van der Waals surface area (Å²) in [5.74, 6) is -0.0494. The summed E-state index contributed by atoms with van der Waals surface area (Å²) >= 11 is 0. The summed E-state index contributed by atoms with van der Waals surface area (Å²) in [5, 5.41) is 8.05. The summed E-state index contributed by atoms with van der Waals surface area (Å²) < 4.78 is 5.63. The molecule has 0 bridgehead atoms. The van der Waals surface area contributed by atoms with E-state index in [2.05, 4.69) is 20.2 Å². The number of morpholine rings is 1. The summed E-state index contributed by atoms with van der Waals surface area (Å²) in [6.07, 6.45) is 4.95. The average molecular weight is 351 g/mol. The van der Waals surface area contributed by atoms with Crippen LogP contribution in [0.4, 0.5) is 0 Å². The minimum absolute atomic E-state index is 0.00752. The Morgan fingerprint density at radius 1 is 1.31 bits per heavy atom. The zero-order chi connectivity index (χ0) is 17.9. The Morgan fingerprint density at radius 2 is 2.15 bits per heavy atom. The lowest BCUT2D eigenvalue weighted by Crippen LogP contribution is -2.49. The molecule has 1 unspecified atom stereocenters. The molecule has 1 N–H and O–H groups in total. The number of hydrogen-bond donors (Lipinski definition) is 1. The molecule has 1 fully saturated rings. The Balaban J connectivity index is 1.53. The number of nitrogens with zero attached hydrogens (tertiary/aromatic N) is 4. The van der Waals surface area contributed by atoms with Crippen LogP contribution in [0.25, 0.3) is 10.9 Å². The van der Waals surface area contributed by atoms with Gasteiger partial charge < -0.3 is 9.64 Å². The van der Waals surface area contributed by atoms with Gasteiger partial charge in [0.25, 0.3) is 5.91 Å². The summed E-state index contributed by atoms with van der Waals surface area (Å²) in [5.41, 5.74) is 3.25. The van der Waals surface area contributed by atoms with Crippen molar-refractivity contribution in [2.45, 2.75) is 25.8 Å². The Labute approximate surface area is 151 Å². The number of para-hydroxylation sites is 1. The van der Waals surface area contributed by atoms with Crippen LogP contribution >= 0.6 is 0 Å². The number of H-pyrrole nitrogens is 1. The molecule has 134 valence electrons. The molecule has 4 rings (SSSR count). The third-order valence-electron chi connectivity index (χ3n) is 4.86. The number of carbonyl (C=O) groups excluding carboxylic acids is 1. The van der Waals surface area contributed by atoms with Gasteiger partial charge in [-0.2, -0.15) is 5.10 Å². The van der Waals surface area contributed by atoms with Crippen molar-refractivity contribution >= 4 is 16.8 Å². The molecule has 2 aromatic heterocycles. The normalized spacial score (nSPS) is 17.6. The third-order valence-corrected chi connectivity index (χ3v) is 4.86. The minimum atomic E-state index is -0.0494. The van der Waals surface area contributed by atoms with Gasteiger partial charge in [0, 0.05) is 24.3 Å². The Bertz CT molecular complexity index is 923. The Kier molecular flexibility index (Phi) is 4.62. The zero-order valence-corrected chi connectivity index (χ0v) is 14.7. The highest BCUT2D eigenvalue weighted by Gasteiger charge is 2.30. The van der Waals surface area contributed by atoms with Crippen molar-refractivity contribution in [1.82, 2.24) is 25.1 Å². The van der Waals surface area contributed by atoms with Crippen LogP contribution in [0, 0.1) is 6.92 Å². The van der Waals surface area contributed by atoms with Gasteiger partial charge in [-0.3, -0.25) is 19.9 Å². The van der Waals surface area contributed by atoms with E-state index in [4.69, 9.17) is 4.74 Å². The first-order chi connectivity index (χ1) is 12.7. The zero-order valence-electron chi connectivity index (χ0n) is 14.7. The molecule has 7 heteroatoms. The molecule has 0 saturated carbocycles. The first-order valence-corrected chi connectivity index (χ1v) is 8.82. The summed E-state index contributed by atoms with van der Waals surface area (Å²) in [6.45, 7) is 3.62. The number of ether oxygens (including phenoxy) is 1. The first-order valence-electron chi connectivity index (χ1n) is 8.82. The Morgan fingerprint density at radius 3 is 3.04 bits per heavy atom. The van der Waals surface area contributed by atoms with Crippen molar-refractivity contribution in [3.05, 3.63) is 53.7 Å². The predicted octanol–water partition coefficient (Wildman–Crippen LogP) is 2.14. The van der Waals surface area contributed by atoms with E-state index in [0.717, 1.165) is 35.1 Å². The Hall–Kier alpha value is -2.80. The van der Waals surface area contributed by atoms with Gasteiger partial charge in [-0.1, -0.05) is 18.2 Å². The number of aromatic nitrogens is 4. The molecule has 1 atom stereocenters. The molecule has 1 aliphatic rings. The van der Waals surface area contributed by atoms with Crippen LogP contribution in [0.5, 0.6) is 0 Å². The molecule has 3 aromatic rings. The summed E-state index contributed by atoms with van der Waals surface area (Å²) in [4.78, 5) is 23.7. The number of rotatable bonds is 4. The van der Waals surface area contributed by atoms with Gasteiger partial charge in [-0.25, -0.2) is 0 Å². The predicted molar refractivity (Wildman–Crippen MR) is 96.8 cm³/mol. The molecule has 0 aliphatic carbocycles. The van der Waals surface area contributed by atoms with Crippen molar-refractivity contribution < 1.29 is 9.53 Å². The SMILES string of the molecule is Cc1nccnc1CCC1COCCN1C(=O)c1n[nH]c2ccccc12. The fourth-order valence-corrected chi connectivity index (χ4v) is 3.41. The van der Waals surface area contributed by atoms with Crippen molar-refractivity contribution in [1.29, 1.82) is 0 Å². The van der Waals surface area contributed by atoms with E-state index >= 15 is 0 Å². The van der Waals surface area contributed by atoms with Gasteiger partial charge in [-0.05, 0) is 25.8 Å². The van der Waals surface area contributed by atoms with Gasteiger partial charge in [0.15, 0.2) is 5.69 Å². The molecule has 1 saturated heterocycles. The lowest BCUT2D eigenvalue weighted by Gasteiger charge is -2.35. The van der Waals surface area contributed by atoms with Crippen molar-refractivity contribution in [3.8, 4) is 0 Å². The second kappa shape index (κ2) is 7.21. The van der Waals surface area contributed by atoms with Crippen LogP contribution in [0.2, 0.25) is 0 Å². The van der Waals surface area contributed by atoms with E-state index in [1.165, 1.54) is 0 Å². The van der Waals surface area contributed by atoms with Crippen LogP contribution in [0.1, 0.15) is 28.3 Å². The number of nitrogens with one attached hydrogen (secondary N) is 1. The number of aromatic amines is 1. The van der Waals surface area contributed by atoms with Crippen molar-refractivity contribution in [3.63, 3.8) is 0 Å². The highest BCUT2D eigenvalue weighted by atomic mass is 16.5. The van der Waals surface area contributed by atoms with E-state index in [0.29, 0.717) is 25.5 Å². The summed E-state index contributed by atoms with van der Waals surface area (Å²) in [7, 11) is 0. The van der Waals surface area contributed by atoms with Gasteiger partial charge in [0.05, 0.1) is 36.2 Å². The highest BCUT2D eigenvalue weighted by molar-refractivity contribution is 6.04. The lowest BCUT2D eigenvalue weighted by atomic mass is 10.1. The van der Waals surface area contributed by atoms with Gasteiger partial charge in [0.1, 0.15) is 0 Å². The molecule has 1 aliphatic heterocycles. The van der Waals surface area contributed by atoms with Gasteiger partial charge >= 0.3 is 0 Å². The monoisotopic (exact) mass is 351 g/mol. The molecule has 0 spiro atoms. The van der Waals surface area contributed by atoms with Crippen LogP contribution in [0.15, 0.2) is 36.7 Å². The van der Waals surface area contributed by atoms with Crippen LogP contribution < -0.4 is 0 Å². The van der Waals surface area contributed by atoms with Crippen LogP contribution in [0.3, 0.4) is 0 Å². The minimum Gasteiger partial charge on any atom is -0.377 e. The second-order valence-corrected chi connectivity index (χ2v) is 6.47. The van der Waals surface area contributed by atoms with Gasteiger partial charge in [0.2, 0.25) is 0 Å². The molecule has 26 heavy (non-hydrogen) atoms. The van der Waals surface area contributed by atoms with E-state index in [-0.39, 0.29) is 11.9 Å². The standard InChI is InChI=1S/C19H21N5O2/c1-13-16(21-9-8-20-13)7-6-14-12-26-11-10-24(14)19(25)18-15-4-2-3-5-17(15)22-23-18/h2-5,8-9,14H,6-7,10-12H2,1H3,(H,22,23). The van der Waals surface area contributed by atoms with Crippen molar-refractivity contribution in [2.75, 3.05) is 19.8 Å². The number of hydrogen-bond acceptors (Lipinski definition) is 5. The molecular formula is C19H21N5O2. The summed E-state index contributed by atoms with van der Waals surface area (Å²) in [6, 6.07) is 7.70. The third kappa shape index (κ3) is 3.17. The van der Waals surface area contributed by atoms with E-state index in [9.17, 15) is 4.79 Å². The first kappa shape index (κ1) is 16.7. The van der Waals surface area contributed by atoms with E-state index in [1.807, 2.05) is 36.1 Å². The number of benzene rings is 1.